The van der Waals surface area contributed by atoms with E-state index in [-0.39, 0.29) is 6.04 Å². The van der Waals surface area contributed by atoms with Gasteiger partial charge in [0, 0.05) is 0 Å². The molecule has 4 atom stereocenters. The van der Waals surface area contributed by atoms with Gasteiger partial charge in [0.05, 0.1) is 6.04 Å². The van der Waals surface area contributed by atoms with Crippen molar-refractivity contribution < 1.29 is 15.3 Å². The van der Waals surface area contributed by atoms with Crippen LogP contribution in [0.3, 0.4) is 0 Å². The van der Waals surface area contributed by atoms with Crippen molar-refractivity contribution in [2.24, 2.45) is 0 Å². The number of hydrogen-bond donors (Lipinski definition) is 4. The molecule has 0 aliphatic heterocycles. The normalized spacial score (nSPS) is 34.2. The minimum atomic E-state index is -1.09. The molecule has 0 saturated heterocycles. The van der Waals surface area contributed by atoms with E-state index in [4.69, 9.17) is 0 Å². The van der Waals surface area contributed by atoms with E-state index < -0.39 is 18.3 Å². The lowest BCUT2D eigenvalue weighted by atomic mass is 9.94. The maximum atomic E-state index is 9.69. The molecule has 0 saturated carbocycles. The Labute approximate surface area is 97.0 Å². The summed E-state index contributed by atoms with van der Waals surface area (Å²) in [6.45, 7) is 2.99. The van der Waals surface area contributed by atoms with Crippen molar-refractivity contribution in [3.63, 3.8) is 0 Å². The fourth-order valence-corrected chi connectivity index (χ4v) is 1.88. The number of hydrogen-bond acceptors (Lipinski definition) is 4. The molecule has 0 bridgehead atoms. The lowest BCUT2D eigenvalue weighted by Crippen LogP contribution is -2.52. The number of aliphatic hydroxyl groups is 3. The second kappa shape index (κ2) is 7.01. The van der Waals surface area contributed by atoms with Crippen molar-refractivity contribution in [1.82, 2.24) is 5.32 Å². The minimum Gasteiger partial charge on any atom is -0.388 e. The molecule has 1 rings (SSSR count). The van der Waals surface area contributed by atoms with E-state index in [1.807, 2.05) is 0 Å². The van der Waals surface area contributed by atoms with Crippen LogP contribution in [0.5, 0.6) is 0 Å². The Hall–Kier alpha value is -0.420. The first-order valence-corrected chi connectivity index (χ1v) is 6.12. The molecule has 0 heterocycles. The van der Waals surface area contributed by atoms with E-state index in [1.54, 1.807) is 6.08 Å². The third kappa shape index (κ3) is 3.87. The summed E-state index contributed by atoms with van der Waals surface area (Å²) in [4.78, 5) is 0. The van der Waals surface area contributed by atoms with Gasteiger partial charge < -0.3 is 20.6 Å². The highest BCUT2D eigenvalue weighted by atomic mass is 16.4. The number of unbranched alkanes of at least 4 members (excludes halogenated alkanes) is 3. The fraction of sp³-hybridized carbons (Fsp3) is 0.833. The van der Waals surface area contributed by atoms with Crippen LogP contribution < -0.4 is 5.32 Å². The molecular formula is C12H23NO3. The zero-order valence-corrected chi connectivity index (χ0v) is 9.84. The van der Waals surface area contributed by atoms with Gasteiger partial charge in [0.1, 0.15) is 18.3 Å². The van der Waals surface area contributed by atoms with Crippen LogP contribution in [0.4, 0.5) is 0 Å². The van der Waals surface area contributed by atoms with E-state index in [2.05, 4.69) is 12.2 Å². The average molecular weight is 229 g/mol. The van der Waals surface area contributed by atoms with Crippen molar-refractivity contribution in [3.8, 4) is 0 Å². The Balaban J connectivity index is 2.24. The first-order valence-electron chi connectivity index (χ1n) is 6.12. The molecular weight excluding hydrogens is 206 g/mol. The SMILES string of the molecule is CCCCCCNC1C=CC(O)C(O)C1O. The minimum absolute atomic E-state index is 0.250. The Morgan fingerprint density at radius 2 is 1.75 bits per heavy atom. The van der Waals surface area contributed by atoms with Gasteiger partial charge in [-0.25, -0.2) is 0 Å². The zero-order chi connectivity index (χ0) is 12.0. The zero-order valence-electron chi connectivity index (χ0n) is 9.84. The molecule has 0 fully saturated rings. The van der Waals surface area contributed by atoms with Gasteiger partial charge in [0.15, 0.2) is 0 Å². The van der Waals surface area contributed by atoms with Crippen molar-refractivity contribution in [2.45, 2.75) is 57.0 Å². The van der Waals surface area contributed by atoms with Crippen LogP contribution in [0.25, 0.3) is 0 Å². The quantitative estimate of drug-likeness (QED) is 0.387. The fourth-order valence-electron chi connectivity index (χ4n) is 1.88. The smallest absolute Gasteiger partial charge is 0.111 e. The molecule has 0 aromatic rings. The van der Waals surface area contributed by atoms with Gasteiger partial charge in [-0.2, -0.15) is 0 Å². The first kappa shape index (κ1) is 13.6. The summed E-state index contributed by atoms with van der Waals surface area (Å²) < 4.78 is 0. The molecule has 0 amide bonds. The first-order chi connectivity index (χ1) is 7.66. The molecule has 4 unspecified atom stereocenters. The number of rotatable bonds is 6. The largest absolute Gasteiger partial charge is 0.388 e. The van der Waals surface area contributed by atoms with E-state index in [0.717, 1.165) is 13.0 Å². The molecule has 4 N–H and O–H groups in total. The third-order valence-corrected chi connectivity index (χ3v) is 2.99. The highest BCUT2D eigenvalue weighted by Crippen LogP contribution is 2.13. The summed E-state index contributed by atoms with van der Waals surface area (Å²) in [7, 11) is 0. The second-order valence-electron chi connectivity index (χ2n) is 4.40. The van der Waals surface area contributed by atoms with Gasteiger partial charge in [-0.3, -0.25) is 0 Å². The maximum Gasteiger partial charge on any atom is 0.111 e. The van der Waals surface area contributed by atoms with Crippen molar-refractivity contribution in [3.05, 3.63) is 12.2 Å². The van der Waals surface area contributed by atoms with Gasteiger partial charge >= 0.3 is 0 Å². The van der Waals surface area contributed by atoms with Gasteiger partial charge in [-0.05, 0) is 13.0 Å². The lowest BCUT2D eigenvalue weighted by molar-refractivity contribution is -0.0564. The highest BCUT2D eigenvalue weighted by Gasteiger charge is 2.32. The van der Waals surface area contributed by atoms with E-state index in [1.165, 1.54) is 25.3 Å². The van der Waals surface area contributed by atoms with E-state index in [9.17, 15) is 15.3 Å². The Morgan fingerprint density at radius 3 is 2.44 bits per heavy atom. The molecule has 0 aromatic heterocycles. The van der Waals surface area contributed by atoms with Crippen LogP contribution in [0.1, 0.15) is 32.6 Å². The molecule has 1 aliphatic rings. The van der Waals surface area contributed by atoms with Gasteiger partial charge in [-0.15, -0.1) is 0 Å². The second-order valence-corrected chi connectivity index (χ2v) is 4.40. The Bertz CT molecular complexity index is 220. The molecule has 94 valence electrons. The molecule has 4 heteroatoms. The molecule has 0 aromatic carbocycles. The molecule has 1 aliphatic carbocycles. The van der Waals surface area contributed by atoms with Crippen LogP contribution >= 0.6 is 0 Å². The van der Waals surface area contributed by atoms with Gasteiger partial charge in [0.25, 0.3) is 0 Å². The average Bonchev–Trinajstić information content (AvgIpc) is 2.28. The predicted octanol–water partition coefficient (Wildman–Crippen LogP) is 0.177. The van der Waals surface area contributed by atoms with Crippen LogP contribution in [-0.4, -0.2) is 46.2 Å². The monoisotopic (exact) mass is 229 g/mol. The Kier molecular flexibility index (Phi) is 5.98. The van der Waals surface area contributed by atoms with Crippen LogP contribution in [0.15, 0.2) is 12.2 Å². The van der Waals surface area contributed by atoms with Gasteiger partial charge in [-0.1, -0.05) is 38.3 Å². The van der Waals surface area contributed by atoms with Crippen molar-refractivity contribution in [1.29, 1.82) is 0 Å². The summed E-state index contributed by atoms with van der Waals surface area (Å²) in [5.74, 6) is 0. The molecule has 4 nitrogen and oxygen atoms in total. The molecule has 16 heavy (non-hydrogen) atoms. The molecule has 0 radical (unpaired) electrons. The molecule has 0 spiro atoms. The number of nitrogens with one attached hydrogen (secondary N) is 1. The van der Waals surface area contributed by atoms with E-state index in [0.29, 0.717) is 0 Å². The van der Waals surface area contributed by atoms with Crippen molar-refractivity contribution >= 4 is 0 Å². The van der Waals surface area contributed by atoms with Crippen LogP contribution in [0, 0.1) is 0 Å². The van der Waals surface area contributed by atoms with Crippen LogP contribution in [0.2, 0.25) is 0 Å². The third-order valence-electron chi connectivity index (χ3n) is 2.99. The summed E-state index contributed by atoms with van der Waals surface area (Å²) >= 11 is 0. The summed E-state index contributed by atoms with van der Waals surface area (Å²) in [6.07, 6.45) is 4.98. The maximum absolute atomic E-state index is 9.69. The Morgan fingerprint density at radius 1 is 1.00 bits per heavy atom. The summed E-state index contributed by atoms with van der Waals surface area (Å²) in [5, 5.41) is 31.6. The van der Waals surface area contributed by atoms with Crippen LogP contribution in [-0.2, 0) is 0 Å². The van der Waals surface area contributed by atoms with Gasteiger partial charge in [0.2, 0.25) is 0 Å². The standard InChI is InChI=1S/C12H23NO3/c1-2-3-4-5-8-13-9-6-7-10(14)12(16)11(9)15/h6-7,9-16H,2-5,8H2,1H3. The van der Waals surface area contributed by atoms with Crippen molar-refractivity contribution in [2.75, 3.05) is 6.54 Å². The predicted molar refractivity (Wildman–Crippen MR) is 63.1 cm³/mol. The summed E-state index contributed by atoms with van der Waals surface area (Å²) in [6, 6.07) is -0.250. The highest BCUT2D eigenvalue weighted by molar-refractivity contribution is 5.10. The topological polar surface area (TPSA) is 72.7 Å². The lowest BCUT2D eigenvalue weighted by Gasteiger charge is -2.31. The number of aliphatic hydroxyl groups excluding tert-OH is 3. The van der Waals surface area contributed by atoms with E-state index >= 15 is 0 Å². The summed E-state index contributed by atoms with van der Waals surface area (Å²) in [5.41, 5.74) is 0.